The van der Waals surface area contributed by atoms with Gasteiger partial charge in [-0.3, -0.25) is 0 Å². The molecule has 1 heterocycles. The van der Waals surface area contributed by atoms with Crippen molar-refractivity contribution in [3.8, 4) is 5.75 Å². The van der Waals surface area contributed by atoms with Gasteiger partial charge in [0.05, 0.1) is 13.2 Å². The second kappa shape index (κ2) is 9.06. The number of hydrogen-bond acceptors (Lipinski definition) is 3. The molecule has 21 heavy (non-hydrogen) atoms. The Kier molecular flexibility index (Phi) is 7.04. The van der Waals surface area contributed by atoms with E-state index >= 15 is 0 Å². The third-order valence-electron chi connectivity index (χ3n) is 4.26. The largest absolute Gasteiger partial charge is 0.496 e. The Morgan fingerprint density at radius 2 is 2.19 bits per heavy atom. The van der Waals surface area contributed by atoms with Crippen molar-refractivity contribution in [2.45, 2.75) is 57.6 Å². The minimum Gasteiger partial charge on any atom is -0.496 e. The fourth-order valence-corrected chi connectivity index (χ4v) is 3.12. The summed E-state index contributed by atoms with van der Waals surface area (Å²) in [4.78, 5) is 0. The van der Waals surface area contributed by atoms with Crippen LogP contribution in [0.3, 0.4) is 0 Å². The molecule has 0 bridgehead atoms. The maximum Gasteiger partial charge on any atom is 0.122 e. The van der Waals surface area contributed by atoms with Crippen molar-refractivity contribution < 1.29 is 9.47 Å². The normalized spacial score (nSPS) is 20.2. The highest BCUT2D eigenvalue weighted by Gasteiger charge is 2.17. The average Bonchev–Trinajstić information content (AvgIpc) is 2.54. The van der Waals surface area contributed by atoms with Crippen LogP contribution in [0, 0.1) is 0 Å². The van der Waals surface area contributed by atoms with Gasteiger partial charge in [-0.2, -0.15) is 0 Å². The zero-order valence-corrected chi connectivity index (χ0v) is 13.4. The number of hydrogen-bond donors (Lipinski definition) is 1. The van der Waals surface area contributed by atoms with E-state index < -0.39 is 0 Å². The summed E-state index contributed by atoms with van der Waals surface area (Å²) in [6, 6.07) is 8.82. The maximum absolute atomic E-state index is 5.85. The van der Waals surface area contributed by atoms with E-state index in [4.69, 9.17) is 9.47 Å². The van der Waals surface area contributed by atoms with E-state index in [9.17, 15) is 0 Å². The van der Waals surface area contributed by atoms with Crippen LogP contribution in [0.15, 0.2) is 24.3 Å². The fraction of sp³-hybridized carbons (Fsp3) is 0.667. The lowest BCUT2D eigenvalue weighted by molar-refractivity contribution is 0.00860. The lowest BCUT2D eigenvalue weighted by atomic mass is 9.97. The van der Waals surface area contributed by atoms with Crippen LogP contribution in [-0.4, -0.2) is 32.4 Å². The molecule has 0 spiro atoms. The summed E-state index contributed by atoms with van der Waals surface area (Å²) >= 11 is 0. The van der Waals surface area contributed by atoms with Crippen molar-refractivity contribution in [2.75, 3.05) is 20.3 Å². The summed E-state index contributed by atoms with van der Waals surface area (Å²) in [5, 5.41) is 3.61. The Morgan fingerprint density at radius 3 is 2.90 bits per heavy atom. The second-order valence-electron chi connectivity index (χ2n) is 5.84. The first-order valence-corrected chi connectivity index (χ1v) is 8.30. The molecule has 2 rings (SSSR count). The molecule has 0 aromatic heterocycles. The van der Waals surface area contributed by atoms with Crippen LogP contribution >= 0.6 is 0 Å². The number of para-hydroxylation sites is 1. The highest BCUT2D eigenvalue weighted by atomic mass is 16.5. The van der Waals surface area contributed by atoms with Gasteiger partial charge in [-0.15, -0.1) is 0 Å². The van der Waals surface area contributed by atoms with Gasteiger partial charge in [-0.25, -0.2) is 0 Å². The van der Waals surface area contributed by atoms with E-state index in [0.29, 0.717) is 12.1 Å². The minimum atomic E-state index is 0.470. The number of nitrogens with one attached hydrogen (secondary N) is 1. The summed E-state index contributed by atoms with van der Waals surface area (Å²) in [6.07, 6.45) is 7.59. The number of methoxy groups -OCH3 is 1. The second-order valence-corrected chi connectivity index (χ2v) is 5.84. The van der Waals surface area contributed by atoms with E-state index in [0.717, 1.165) is 38.2 Å². The van der Waals surface area contributed by atoms with E-state index in [1.807, 2.05) is 12.1 Å². The monoisotopic (exact) mass is 291 g/mol. The molecular weight excluding hydrogens is 262 g/mol. The van der Waals surface area contributed by atoms with Gasteiger partial charge in [-0.1, -0.05) is 25.1 Å². The zero-order valence-electron chi connectivity index (χ0n) is 13.4. The van der Waals surface area contributed by atoms with Gasteiger partial charge in [0.2, 0.25) is 0 Å². The molecule has 3 nitrogen and oxygen atoms in total. The lowest BCUT2D eigenvalue weighted by Gasteiger charge is -2.25. The zero-order chi connectivity index (χ0) is 14.9. The summed E-state index contributed by atoms with van der Waals surface area (Å²) in [7, 11) is 1.75. The first kappa shape index (κ1) is 16.3. The summed E-state index contributed by atoms with van der Waals surface area (Å²) in [6.45, 7) is 4.13. The molecule has 1 saturated heterocycles. The third-order valence-corrected chi connectivity index (χ3v) is 4.26. The first-order chi connectivity index (χ1) is 10.3. The van der Waals surface area contributed by atoms with Crippen LogP contribution in [0.25, 0.3) is 0 Å². The maximum atomic E-state index is 5.85. The summed E-state index contributed by atoms with van der Waals surface area (Å²) in [5.41, 5.74) is 1.29. The lowest BCUT2D eigenvalue weighted by Crippen LogP contribution is -2.33. The predicted molar refractivity (Wildman–Crippen MR) is 87.0 cm³/mol. The Labute approximate surface area is 129 Å². The van der Waals surface area contributed by atoms with Gasteiger partial charge in [0.1, 0.15) is 5.75 Å². The quantitative estimate of drug-likeness (QED) is 0.794. The molecule has 1 aliphatic rings. The first-order valence-electron chi connectivity index (χ1n) is 8.30. The van der Waals surface area contributed by atoms with E-state index in [2.05, 4.69) is 24.4 Å². The van der Waals surface area contributed by atoms with Crippen LogP contribution in [-0.2, 0) is 11.2 Å². The Morgan fingerprint density at radius 1 is 1.33 bits per heavy atom. The Hall–Kier alpha value is -1.06. The molecule has 0 aliphatic carbocycles. The van der Waals surface area contributed by atoms with Crippen molar-refractivity contribution >= 4 is 0 Å². The molecule has 2 atom stereocenters. The molecule has 0 radical (unpaired) electrons. The molecule has 1 fully saturated rings. The molecule has 0 amide bonds. The molecule has 1 N–H and O–H groups in total. The molecule has 1 aliphatic heterocycles. The molecule has 3 heteroatoms. The van der Waals surface area contributed by atoms with Crippen LogP contribution in [0.4, 0.5) is 0 Å². The van der Waals surface area contributed by atoms with Gasteiger partial charge in [-0.05, 0) is 56.7 Å². The summed E-state index contributed by atoms with van der Waals surface area (Å²) in [5.74, 6) is 0.995. The van der Waals surface area contributed by atoms with Gasteiger partial charge in [0.25, 0.3) is 0 Å². The van der Waals surface area contributed by atoms with Crippen molar-refractivity contribution in [2.24, 2.45) is 0 Å². The number of ether oxygens (including phenoxy) is 2. The summed E-state index contributed by atoms with van der Waals surface area (Å²) < 4.78 is 11.3. The predicted octanol–water partition coefficient (Wildman–Crippen LogP) is 3.57. The van der Waals surface area contributed by atoms with Crippen molar-refractivity contribution in [3.05, 3.63) is 29.8 Å². The molecule has 2 unspecified atom stereocenters. The fourth-order valence-electron chi connectivity index (χ4n) is 3.12. The van der Waals surface area contributed by atoms with E-state index in [1.165, 1.54) is 24.8 Å². The minimum absolute atomic E-state index is 0.470. The molecule has 1 aromatic carbocycles. The SMILES string of the molecule is CCNC(CCC1CCCCO1)Cc1ccccc1OC. The van der Waals surface area contributed by atoms with Crippen molar-refractivity contribution in [1.82, 2.24) is 5.32 Å². The molecular formula is C18H29NO2. The van der Waals surface area contributed by atoms with E-state index in [1.54, 1.807) is 7.11 Å². The van der Waals surface area contributed by atoms with Crippen LogP contribution in [0.2, 0.25) is 0 Å². The third kappa shape index (κ3) is 5.33. The molecule has 1 aromatic rings. The van der Waals surface area contributed by atoms with Crippen LogP contribution in [0.5, 0.6) is 5.75 Å². The standard InChI is InChI=1S/C18H29NO2/c1-3-19-16(11-12-17-9-6-7-13-21-17)14-15-8-4-5-10-18(15)20-2/h4-5,8,10,16-17,19H,3,6-7,9,11-14H2,1-2H3. The van der Waals surface area contributed by atoms with Gasteiger partial charge >= 0.3 is 0 Å². The Bertz CT molecular complexity index is 402. The van der Waals surface area contributed by atoms with Crippen LogP contribution < -0.4 is 10.1 Å². The van der Waals surface area contributed by atoms with Gasteiger partial charge in [0.15, 0.2) is 0 Å². The number of benzene rings is 1. The average molecular weight is 291 g/mol. The number of rotatable bonds is 8. The van der Waals surface area contributed by atoms with Crippen molar-refractivity contribution in [3.63, 3.8) is 0 Å². The van der Waals surface area contributed by atoms with Crippen molar-refractivity contribution in [1.29, 1.82) is 0 Å². The van der Waals surface area contributed by atoms with Crippen LogP contribution in [0.1, 0.15) is 44.6 Å². The highest BCUT2D eigenvalue weighted by Crippen LogP contribution is 2.22. The highest BCUT2D eigenvalue weighted by molar-refractivity contribution is 5.33. The number of likely N-dealkylation sites (N-methyl/N-ethyl adjacent to an activating group) is 1. The molecule has 0 saturated carbocycles. The Balaban J connectivity index is 1.88. The smallest absolute Gasteiger partial charge is 0.122 e. The topological polar surface area (TPSA) is 30.5 Å². The molecule has 118 valence electrons. The van der Waals surface area contributed by atoms with E-state index in [-0.39, 0.29) is 0 Å². The van der Waals surface area contributed by atoms with Gasteiger partial charge in [0, 0.05) is 12.6 Å². The van der Waals surface area contributed by atoms with Gasteiger partial charge < -0.3 is 14.8 Å².